The molecular weight excluding hydrogens is 117 g/mol. The third kappa shape index (κ3) is 56.3. The Bertz CT molecular complexity index is 39.4. The summed E-state index contributed by atoms with van der Waals surface area (Å²) in [6, 6.07) is 0. The van der Waals surface area contributed by atoms with E-state index in [-0.39, 0.29) is 0 Å². The summed E-state index contributed by atoms with van der Waals surface area (Å²) >= 11 is 2.31. The van der Waals surface area contributed by atoms with E-state index in [9.17, 15) is 0 Å². The van der Waals surface area contributed by atoms with Crippen molar-refractivity contribution in [2.75, 3.05) is 0 Å². The average molecular weight is 118 g/mol. The van der Waals surface area contributed by atoms with Gasteiger partial charge in [-0.3, -0.25) is 0 Å². The van der Waals surface area contributed by atoms with Crippen LogP contribution in [0.1, 0.15) is 0 Å². The van der Waals surface area contributed by atoms with E-state index in [1.807, 2.05) is 0 Å². The van der Waals surface area contributed by atoms with Gasteiger partial charge in [0.15, 0.2) is 0 Å². The van der Waals surface area contributed by atoms with Gasteiger partial charge >= 0.3 is 19.5 Å². The molecule has 0 atom stereocenters. The molecule has 0 fully saturated rings. The van der Waals surface area contributed by atoms with Gasteiger partial charge in [-0.25, -0.2) is 0 Å². The number of hydrogen-bond donors (Lipinski definition) is 1. The molecule has 1 N–H and O–H groups in total. The van der Waals surface area contributed by atoms with Gasteiger partial charge in [0.25, 0.3) is 6.26 Å². The van der Waals surface area contributed by atoms with Crippen molar-refractivity contribution in [1.29, 1.82) is 5.26 Å². The molecule has 0 radical (unpaired) electrons. The van der Waals surface area contributed by atoms with Gasteiger partial charge in [0, 0.05) is 0 Å². The van der Waals surface area contributed by atoms with Crippen LogP contribution in [-0.4, -0.2) is 5.11 Å². The molecule has 0 bridgehead atoms. The molecule has 0 aromatic rings. The Hall–Kier alpha value is -0.404. The van der Waals surface area contributed by atoms with E-state index < -0.39 is 0 Å². The third-order valence-corrected chi connectivity index (χ3v) is 0. The number of hydrogen-bond acceptors (Lipinski definition) is 3. The van der Waals surface area contributed by atoms with Crippen LogP contribution in [0, 0.1) is 11.5 Å². The first-order valence-electron chi connectivity index (χ1n) is 0.583. The molecule has 0 aromatic carbocycles. The molecule has 0 spiro atoms. The van der Waals surface area contributed by atoms with Crippen molar-refractivity contribution in [1.82, 2.24) is 0 Å². The zero-order valence-corrected chi connectivity index (χ0v) is 3.18. The monoisotopic (exact) mass is 118 g/mol. The van der Waals surface area contributed by atoms with Crippen LogP contribution in [0.3, 0.4) is 0 Å². The van der Waals surface area contributed by atoms with Crippen LogP contribution in [0.2, 0.25) is 0 Å². The Morgan fingerprint density at radius 1 is 1.80 bits per heavy atom. The predicted octanol–water partition coefficient (Wildman–Crippen LogP) is -0.281. The molecule has 0 aromatic heterocycles. The summed E-state index contributed by atoms with van der Waals surface area (Å²) in [6.07, 6.45) is 0.750. The summed E-state index contributed by atoms with van der Waals surface area (Å²) in [5.41, 5.74) is 0. The van der Waals surface area contributed by atoms with Crippen molar-refractivity contribution in [3.63, 3.8) is 0 Å². The fraction of sp³-hybridized carbons (Fsp3) is 0. The fourth-order valence-electron chi connectivity index (χ4n) is 0. The normalized spacial score (nSPS) is 2.40. The first-order valence-corrected chi connectivity index (χ1v) is 1.01. The summed E-state index contributed by atoms with van der Waals surface area (Å²) in [5.74, 6) is 0. The molecule has 0 amide bonds. The van der Waals surface area contributed by atoms with Gasteiger partial charge < -0.3 is 5.11 Å². The van der Waals surface area contributed by atoms with Crippen molar-refractivity contribution in [2.45, 2.75) is 0 Å². The van der Waals surface area contributed by atoms with Crippen LogP contribution in [0.5, 0.6) is 0 Å². The van der Waals surface area contributed by atoms with Crippen molar-refractivity contribution >= 4 is 0 Å². The van der Waals surface area contributed by atoms with Crippen molar-refractivity contribution in [3.05, 3.63) is 0 Å². The van der Waals surface area contributed by atoms with Crippen molar-refractivity contribution in [3.8, 4) is 6.26 Å². The molecule has 0 aliphatic carbocycles. The van der Waals surface area contributed by atoms with Gasteiger partial charge in [-0.1, -0.05) is 0 Å². The molecule has 0 saturated heterocycles. The first kappa shape index (κ1) is 8.82. The van der Waals surface area contributed by atoms with E-state index in [4.69, 9.17) is 14.2 Å². The van der Waals surface area contributed by atoms with Gasteiger partial charge in [0.05, 0.1) is 0 Å². The molecule has 4 heteroatoms. The minimum atomic E-state index is 0.750. The average Bonchev–Trinajstić information content (AvgIpc) is 1.46. The molecule has 5 heavy (non-hydrogen) atoms. The third-order valence-electron chi connectivity index (χ3n) is 0. The Balaban J connectivity index is 0. The summed E-state index contributed by atoms with van der Waals surface area (Å²) in [4.78, 5) is 0. The summed E-state index contributed by atoms with van der Waals surface area (Å²) in [7, 11) is 0. The fourth-order valence-corrected chi connectivity index (χ4v) is 0. The second-order valence-electron chi connectivity index (χ2n) is 0.100. The van der Waals surface area contributed by atoms with E-state index in [0.717, 1.165) is 6.26 Å². The quantitative estimate of drug-likeness (QED) is 0.445. The van der Waals surface area contributed by atoms with Crippen LogP contribution in [0.15, 0.2) is 0 Å². The van der Waals surface area contributed by atoms with Crippen LogP contribution in [-0.2, 0) is 19.5 Å². The molecule has 0 rings (SSSR count). The molecule has 31 valence electrons. The van der Waals surface area contributed by atoms with Gasteiger partial charge in [0.2, 0.25) is 0 Å². The molecule has 0 unspecified atom stereocenters. The van der Waals surface area contributed by atoms with E-state index in [0.29, 0.717) is 0 Å². The summed E-state index contributed by atoms with van der Waals surface area (Å²) < 4.78 is 7.94. The van der Waals surface area contributed by atoms with E-state index in [1.165, 1.54) is 0 Å². The standard InChI is InChI=1S/CHNO.Co.O/c2-1-3;;/h3H;;. The zero-order chi connectivity index (χ0) is 4.71. The van der Waals surface area contributed by atoms with E-state index >= 15 is 0 Å². The maximum atomic E-state index is 7.94. The second-order valence-corrected chi connectivity index (χ2v) is 0.100. The Kier molecular flexibility index (Phi) is 120. The molecule has 0 aliphatic heterocycles. The van der Waals surface area contributed by atoms with Gasteiger partial charge in [-0.15, -0.1) is 0 Å². The van der Waals surface area contributed by atoms with Crippen molar-refractivity contribution in [2.24, 2.45) is 0 Å². The van der Waals surface area contributed by atoms with Crippen molar-refractivity contribution < 1.29 is 24.6 Å². The van der Waals surface area contributed by atoms with Crippen LogP contribution < -0.4 is 0 Å². The molecule has 0 saturated carbocycles. The van der Waals surface area contributed by atoms with E-state index in [2.05, 4.69) is 15.7 Å². The first-order chi connectivity index (χ1) is 2.41. The Labute approximate surface area is 37.0 Å². The van der Waals surface area contributed by atoms with Gasteiger partial charge in [-0.2, -0.15) is 5.26 Å². The molecular formula is CHCoNO2. The topological polar surface area (TPSA) is 61.1 Å². The number of nitriles is 1. The van der Waals surface area contributed by atoms with E-state index in [1.54, 1.807) is 0 Å². The van der Waals surface area contributed by atoms with Gasteiger partial charge in [-0.05, 0) is 0 Å². The summed E-state index contributed by atoms with van der Waals surface area (Å²) in [5, 5.41) is 13.8. The minimum absolute atomic E-state index is 0.750. The number of nitrogens with zero attached hydrogens (tertiary/aromatic N) is 1. The molecule has 0 heterocycles. The van der Waals surface area contributed by atoms with Gasteiger partial charge in [0.1, 0.15) is 0 Å². The van der Waals surface area contributed by atoms with Crippen LogP contribution in [0.4, 0.5) is 0 Å². The van der Waals surface area contributed by atoms with Crippen LogP contribution >= 0.6 is 0 Å². The number of aliphatic hydroxyl groups excluding tert-OH is 1. The SMILES string of the molecule is N#CO.[O]=[Co]. The Morgan fingerprint density at radius 2 is 1.80 bits per heavy atom. The Morgan fingerprint density at radius 3 is 1.80 bits per heavy atom. The molecule has 3 nitrogen and oxygen atoms in total. The number of rotatable bonds is 0. The second kappa shape index (κ2) is 68.1. The maximum absolute atomic E-state index is 7.94. The zero-order valence-electron chi connectivity index (χ0n) is 2.14. The molecule has 0 aliphatic rings. The summed E-state index contributed by atoms with van der Waals surface area (Å²) in [6.45, 7) is 0. The van der Waals surface area contributed by atoms with Crippen LogP contribution in [0.25, 0.3) is 0 Å². The number of aliphatic hydroxyl groups is 1. The predicted molar refractivity (Wildman–Crippen MR) is 8.24 cm³/mol.